The van der Waals surface area contributed by atoms with Gasteiger partial charge in [-0.1, -0.05) is 126 Å². The first-order valence-corrected chi connectivity index (χ1v) is 19.0. The quantitative estimate of drug-likeness (QED) is 0.162. The smallest absolute Gasteiger partial charge is 0.337 e. The molecule has 254 valence electrons. The maximum absolute atomic E-state index is 7.21. The molecule has 1 aliphatic carbocycles. The molecule has 4 heteroatoms. The second kappa shape index (κ2) is 9.80. The van der Waals surface area contributed by atoms with Crippen molar-refractivity contribution in [1.29, 1.82) is 0 Å². The van der Waals surface area contributed by atoms with E-state index in [9.17, 15) is 0 Å². The van der Waals surface area contributed by atoms with Crippen molar-refractivity contribution in [2.75, 3.05) is 9.71 Å². The molecule has 0 amide bonds. The predicted molar refractivity (Wildman–Crippen MR) is 220 cm³/mol. The summed E-state index contributed by atoms with van der Waals surface area (Å²) in [5.74, 6) is 0.931. The fourth-order valence-corrected chi connectivity index (χ4v) is 10.5. The van der Waals surface area contributed by atoms with E-state index >= 15 is 0 Å². The molecule has 0 bridgehead atoms. The number of fused-ring (bicyclic) bond motifs is 11. The van der Waals surface area contributed by atoms with Gasteiger partial charge in [0.15, 0.2) is 0 Å². The molecule has 0 saturated heterocycles. The Labute approximate surface area is 307 Å². The minimum Gasteiger partial charge on any atom is -0.440 e. The summed E-state index contributed by atoms with van der Waals surface area (Å²) < 4.78 is 7.21. The molecule has 0 saturated carbocycles. The molecule has 7 aromatic rings. The molecule has 3 aliphatic heterocycles. The average molecular weight is 675 g/mol. The number of benzene rings is 6. The number of hydrogen-bond acceptors (Lipinski definition) is 3. The molecule has 0 atom stereocenters. The lowest BCUT2D eigenvalue weighted by Crippen LogP contribution is -2.62. The van der Waals surface area contributed by atoms with Crippen molar-refractivity contribution >= 4 is 68.1 Å². The van der Waals surface area contributed by atoms with Crippen LogP contribution in [0.5, 0.6) is 0 Å². The Balaban J connectivity index is 1.33. The van der Waals surface area contributed by atoms with Crippen molar-refractivity contribution < 1.29 is 4.42 Å². The Morgan fingerprint density at radius 3 is 2.06 bits per heavy atom. The molecule has 1 aromatic heterocycles. The Morgan fingerprint density at radius 2 is 1.25 bits per heavy atom. The van der Waals surface area contributed by atoms with Crippen molar-refractivity contribution in [3.8, 4) is 11.1 Å². The van der Waals surface area contributed by atoms with E-state index in [0.717, 1.165) is 11.5 Å². The molecular weight excluding hydrogens is 631 g/mol. The zero-order valence-electron chi connectivity index (χ0n) is 31.2. The topological polar surface area (TPSA) is 19.6 Å². The number of anilines is 5. The highest BCUT2D eigenvalue weighted by Crippen LogP contribution is 2.58. The van der Waals surface area contributed by atoms with E-state index in [1.165, 1.54) is 102 Å². The van der Waals surface area contributed by atoms with Crippen LogP contribution in [-0.4, -0.2) is 6.85 Å². The molecule has 0 radical (unpaired) electrons. The summed E-state index contributed by atoms with van der Waals surface area (Å²) in [6.07, 6.45) is 2.36. The number of hydrogen-bond donors (Lipinski definition) is 0. The number of aryl methyl sites for hydroxylation is 1. The Kier molecular flexibility index (Phi) is 5.73. The number of furan rings is 1. The van der Waals surface area contributed by atoms with Crippen LogP contribution in [0, 0.1) is 6.92 Å². The van der Waals surface area contributed by atoms with Crippen molar-refractivity contribution in [3.63, 3.8) is 0 Å². The standard InChI is InChI=1S/C48H43BN2O/c1-28-25-36-37(47(4,5)24-23-46(36,2)3)27-39(28)50-44-30-16-9-8-15-29(30)26-33-31-18-14-20-35-43(31)51(38-21-12-11-19-34(38)48(35,6)7)49(41(33)44)42-32-17-10-13-22-40(32)52-45(42)50/h8-22,25-27H,23-24H2,1-7H3. The SMILES string of the molecule is Cc1cc2c(cc1N1c3oc4ccccc4c3B3c4c(cc5ccccc5c41)-c1cccc4c1N3c1ccccc1C4(C)C)C(C)(C)CCC2(C)C. The van der Waals surface area contributed by atoms with E-state index in [2.05, 4.69) is 167 Å². The summed E-state index contributed by atoms with van der Waals surface area (Å²) in [5, 5.41) is 3.68. The normalized spacial score (nSPS) is 18.1. The maximum Gasteiger partial charge on any atom is 0.337 e. The van der Waals surface area contributed by atoms with Gasteiger partial charge in [-0.25, -0.2) is 0 Å². The lowest BCUT2D eigenvalue weighted by atomic mass is 9.42. The van der Waals surface area contributed by atoms with E-state index in [4.69, 9.17) is 4.42 Å². The van der Waals surface area contributed by atoms with Gasteiger partial charge in [-0.15, -0.1) is 0 Å². The van der Waals surface area contributed by atoms with Crippen LogP contribution in [0.2, 0.25) is 0 Å². The third-order valence-electron chi connectivity index (χ3n) is 13.4. The minimum atomic E-state index is -0.154. The van der Waals surface area contributed by atoms with Crippen LogP contribution in [0.4, 0.5) is 28.6 Å². The summed E-state index contributed by atoms with van der Waals surface area (Å²) in [6, 6.07) is 41.3. The monoisotopic (exact) mass is 674 g/mol. The summed E-state index contributed by atoms with van der Waals surface area (Å²) in [6.45, 7) is 16.7. The van der Waals surface area contributed by atoms with Gasteiger partial charge in [-0.3, -0.25) is 4.90 Å². The molecule has 11 rings (SSSR count). The van der Waals surface area contributed by atoms with Crippen LogP contribution in [0.3, 0.4) is 0 Å². The van der Waals surface area contributed by atoms with Gasteiger partial charge in [0.05, 0.1) is 11.4 Å². The van der Waals surface area contributed by atoms with Gasteiger partial charge < -0.3 is 9.23 Å². The summed E-state index contributed by atoms with van der Waals surface area (Å²) >= 11 is 0. The third kappa shape index (κ3) is 3.68. The van der Waals surface area contributed by atoms with Crippen molar-refractivity contribution in [2.24, 2.45) is 0 Å². The van der Waals surface area contributed by atoms with Crippen molar-refractivity contribution in [2.45, 2.75) is 77.6 Å². The lowest BCUT2D eigenvalue weighted by Gasteiger charge is -2.50. The first-order valence-electron chi connectivity index (χ1n) is 19.0. The zero-order chi connectivity index (χ0) is 35.5. The van der Waals surface area contributed by atoms with Crippen LogP contribution < -0.4 is 20.6 Å². The fraction of sp³-hybridized carbons (Fsp3) is 0.250. The molecule has 0 spiro atoms. The molecule has 3 nitrogen and oxygen atoms in total. The first kappa shape index (κ1) is 30.4. The van der Waals surface area contributed by atoms with Crippen molar-refractivity contribution in [3.05, 3.63) is 137 Å². The van der Waals surface area contributed by atoms with Crippen LogP contribution in [-0.2, 0) is 16.2 Å². The third-order valence-corrected chi connectivity index (χ3v) is 13.4. The van der Waals surface area contributed by atoms with Gasteiger partial charge in [0.2, 0.25) is 5.88 Å². The van der Waals surface area contributed by atoms with Gasteiger partial charge in [0.25, 0.3) is 0 Å². The summed E-state index contributed by atoms with van der Waals surface area (Å²) in [4.78, 5) is 5.20. The minimum absolute atomic E-state index is 0.0696. The molecular formula is C48H43BN2O. The molecule has 4 heterocycles. The van der Waals surface area contributed by atoms with E-state index in [0.29, 0.717) is 0 Å². The van der Waals surface area contributed by atoms with E-state index in [-0.39, 0.29) is 23.1 Å². The molecule has 0 N–H and O–H groups in total. The molecule has 52 heavy (non-hydrogen) atoms. The average Bonchev–Trinajstić information content (AvgIpc) is 3.52. The first-order chi connectivity index (χ1) is 25.0. The van der Waals surface area contributed by atoms with Crippen LogP contribution in [0.1, 0.15) is 82.2 Å². The largest absolute Gasteiger partial charge is 0.440 e. The van der Waals surface area contributed by atoms with Crippen molar-refractivity contribution in [1.82, 2.24) is 0 Å². The number of para-hydroxylation sites is 3. The van der Waals surface area contributed by atoms with E-state index in [1.54, 1.807) is 0 Å². The Hall–Kier alpha value is -5.22. The zero-order valence-corrected chi connectivity index (χ0v) is 31.2. The summed E-state index contributed by atoms with van der Waals surface area (Å²) in [7, 11) is 0. The second-order valence-corrected chi connectivity index (χ2v) is 17.6. The molecule has 4 aliphatic rings. The fourth-order valence-electron chi connectivity index (χ4n) is 10.5. The van der Waals surface area contributed by atoms with E-state index < -0.39 is 0 Å². The Morgan fingerprint density at radius 1 is 0.577 bits per heavy atom. The van der Waals surface area contributed by atoms with E-state index in [1.807, 2.05) is 0 Å². The molecule has 0 fully saturated rings. The lowest BCUT2D eigenvalue weighted by molar-refractivity contribution is 0.332. The van der Waals surface area contributed by atoms with Crippen LogP contribution in [0.25, 0.3) is 32.9 Å². The van der Waals surface area contributed by atoms with Gasteiger partial charge in [-0.2, -0.15) is 0 Å². The predicted octanol–water partition coefficient (Wildman–Crippen LogP) is 11.6. The molecule has 6 aromatic carbocycles. The highest BCUT2D eigenvalue weighted by Gasteiger charge is 2.52. The van der Waals surface area contributed by atoms with Gasteiger partial charge in [0, 0.05) is 38.6 Å². The second-order valence-electron chi connectivity index (χ2n) is 17.6. The highest BCUT2D eigenvalue weighted by atomic mass is 16.4. The summed E-state index contributed by atoms with van der Waals surface area (Å²) in [5.41, 5.74) is 18.2. The van der Waals surface area contributed by atoms with Gasteiger partial charge in [-0.05, 0) is 99.1 Å². The van der Waals surface area contributed by atoms with Gasteiger partial charge in [0.1, 0.15) is 5.58 Å². The number of rotatable bonds is 1. The van der Waals surface area contributed by atoms with Gasteiger partial charge >= 0.3 is 6.85 Å². The van der Waals surface area contributed by atoms with Crippen LogP contribution in [0.15, 0.2) is 114 Å². The Bertz CT molecular complexity index is 2710. The maximum atomic E-state index is 7.21. The molecule has 0 unspecified atom stereocenters. The number of nitrogens with zero attached hydrogens (tertiary/aromatic N) is 2. The van der Waals surface area contributed by atoms with Crippen LogP contribution >= 0.6 is 0 Å². The highest BCUT2D eigenvalue weighted by molar-refractivity contribution is 6.95.